The highest BCUT2D eigenvalue weighted by Crippen LogP contribution is 2.14. The Balaban J connectivity index is 2.63. The highest BCUT2D eigenvalue weighted by atomic mass is 79.9. The van der Waals surface area contributed by atoms with Crippen molar-refractivity contribution < 1.29 is 2.74 Å². The molecule has 0 aromatic carbocycles. The van der Waals surface area contributed by atoms with Crippen molar-refractivity contribution in [3.05, 3.63) is 40.0 Å². The quantitative estimate of drug-likeness (QED) is 0.759. The molecule has 5 heteroatoms. The molecule has 0 unspecified atom stereocenters. The van der Waals surface area contributed by atoms with E-state index in [2.05, 4.69) is 41.8 Å². The summed E-state index contributed by atoms with van der Waals surface area (Å²) in [5, 5.41) is 0. The van der Waals surface area contributed by atoms with E-state index in [1.807, 2.05) is 0 Å². The van der Waals surface area contributed by atoms with Gasteiger partial charge in [-0.25, -0.2) is 9.97 Å². The lowest BCUT2D eigenvalue weighted by molar-refractivity contribution is 1.04. The van der Waals surface area contributed by atoms with E-state index in [4.69, 9.17) is 2.74 Å². The van der Waals surface area contributed by atoms with E-state index in [-0.39, 0.29) is 12.5 Å². The Hall–Kier alpha value is -0.680. The third kappa shape index (κ3) is 1.97. The molecule has 66 valence electrons. The molecule has 13 heavy (non-hydrogen) atoms. The van der Waals surface area contributed by atoms with Gasteiger partial charge in [0.25, 0.3) is 0 Å². The molecule has 0 saturated heterocycles. The minimum Gasteiger partial charge on any atom is -0.305 e. The molecule has 0 atom stereocenters. The zero-order valence-electron chi connectivity index (χ0n) is 8.33. The summed E-state index contributed by atoms with van der Waals surface area (Å²) in [7, 11) is 0. The fourth-order valence-corrected chi connectivity index (χ4v) is 1.50. The van der Waals surface area contributed by atoms with Crippen molar-refractivity contribution in [2.45, 2.75) is 0 Å². The van der Waals surface area contributed by atoms with Gasteiger partial charge in [0.05, 0.1) is 7.06 Å². The maximum absolute atomic E-state index is 7.72. The van der Waals surface area contributed by atoms with Gasteiger partial charge < -0.3 is 4.57 Å². The van der Waals surface area contributed by atoms with Gasteiger partial charge in [0, 0.05) is 12.4 Å². The van der Waals surface area contributed by atoms with Gasteiger partial charge in [0.1, 0.15) is 16.9 Å². The van der Waals surface area contributed by atoms with Gasteiger partial charge in [-0.15, -0.1) is 0 Å². The predicted octanol–water partition coefficient (Wildman–Crippen LogP) is 2.79. The van der Waals surface area contributed by atoms with Crippen LogP contribution in [0.25, 0.3) is 5.69 Å². The fourth-order valence-electron chi connectivity index (χ4n) is 0.890. The normalized spacial score (nSPS) is 12.5. The SMILES string of the molecule is [2H]c1nc(Br)c([2H])n1-c1ccnc(Br)c1. The molecule has 0 saturated carbocycles. The second kappa shape index (κ2) is 3.59. The average Bonchev–Trinajstić information content (AvgIpc) is 2.41. The van der Waals surface area contributed by atoms with E-state index >= 15 is 0 Å². The molecule has 0 aliphatic carbocycles. The molecule has 2 rings (SSSR count). The van der Waals surface area contributed by atoms with Crippen LogP contribution in [0.15, 0.2) is 40.0 Å². The summed E-state index contributed by atoms with van der Waals surface area (Å²) in [5.41, 5.74) is 0.685. The summed E-state index contributed by atoms with van der Waals surface area (Å²) in [6, 6.07) is 3.44. The van der Waals surface area contributed by atoms with Crippen molar-refractivity contribution in [2.24, 2.45) is 0 Å². The molecule has 0 spiro atoms. The lowest BCUT2D eigenvalue weighted by atomic mass is 10.4. The van der Waals surface area contributed by atoms with Crippen LogP contribution in [0.1, 0.15) is 2.74 Å². The van der Waals surface area contributed by atoms with Crippen molar-refractivity contribution in [1.29, 1.82) is 0 Å². The second-order valence-corrected chi connectivity index (χ2v) is 3.85. The number of imidazole rings is 1. The van der Waals surface area contributed by atoms with Crippen LogP contribution in [-0.4, -0.2) is 14.5 Å². The van der Waals surface area contributed by atoms with Gasteiger partial charge in [-0.3, -0.25) is 0 Å². The van der Waals surface area contributed by atoms with Gasteiger partial charge in [0.15, 0.2) is 0 Å². The first-order chi connectivity index (χ1) is 7.09. The van der Waals surface area contributed by atoms with Crippen LogP contribution >= 0.6 is 31.9 Å². The first kappa shape index (κ1) is 6.73. The number of hydrogen-bond acceptors (Lipinski definition) is 2. The molecule has 2 aromatic rings. The van der Waals surface area contributed by atoms with E-state index < -0.39 is 0 Å². The molecule has 0 aliphatic rings. The molecule has 2 aromatic heterocycles. The second-order valence-electron chi connectivity index (χ2n) is 2.29. The molecule has 2 heterocycles. The standard InChI is InChI=1S/C8H5Br2N3/c9-7-3-6(1-2-11-7)13-4-8(10)12-5-13/h1-5H/i4D,5D. The average molecular weight is 305 g/mol. The smallest absolute Gasteiger partial charge is 0.124 e. The van der Waals surface area contributed by atoms with Crippen LogP contribution in [0.5, 0.6) is 0 Å². The largest absolute Gasteiger partial charge is 0.305 e. The van der Waals surface area contributed by atoms with Crippen LogP contribution in [0.4, 0.5) is 0 Å². The molecular formula is C8H5Br2N3. The van der Waals surface area contributed by atoms with E-state index in [0.717, 1.165) is 0 Å². The Morgan fingerprint density at radius 2 is 2.15 bits per heavy atom. The molecule has 0 aliphatic heterocycles. The molecule has 0 radical (unpaired) electrons. The van der Waals surface area contributed by atoms with Crippen LogP contribution in [0.2, 0.25) is 0 Å². The maximum Gasteiger partial charge on any atom is 0.124 e. The van der Waals surface area contributed by atoms with E-state index in [1.165, 1.54) is 4.57 Å². The molecule has 0 N–H and O–H groups in total. The van der Waals surface area contributed by atoms with Gasteiger partial charge in [-0.1, -0.05) is 0 Å². The van der Waals surface area contributed by atoms with Gasteiger partial charge in [0.2, 0.25) is 0 Å². The summed E-state index contributed by atoms with van der Waals surface area (Å²) in [6.07, 6.45) is 1.77. The number of nitrogens with zero attached hydrogens (tertiary/aromatic N) is 3. The number of pyridine rings is 1. The van der Waals surface area contributed by atoms with E-state index in [9.17, 15) is 0 Å². The topological polar surface area (TPSA) is 30.7 Å². The summed E-state index contributed by atoms with van der Waals surface area (Å²) in [6.45, 7) is 0. The Bertz CT molecular complexity index is 513. The summed E-state index contributed by atoms with van der Waals surface area (Å²) in [4.78, 5) is 7.82. The van der Waals surface area contributed by atoms with Crippen LogP contribution < -0.4 is 0 Å². The van der Waals surface area contributed by atoms with E-state index in [1.54, 1.807) is 18.3 Å². The maximum atomic E-state index is 7.72. The lowest BCUT2D eigenvalue weighted by Gasteiger charge is -2.00. The Kier molecular flexibility index (Phi) is 1.86. The zero-order valence-corrected chi connectivity index (χ0v) is 9.50. The van der Waals surface area contributed by atoms with Crippen molar-refractivity contribution >= 4 is 31.9 Å². The number of hydrogen-bond donors (Lipinski definition) is 0. The van der Waals surface area contributed by atoms with Gasteiger partial charge >= 0.3 is 0 Å². The Morgan fingerprint density at radius 3 is 2.77 bits per heavy atom. The predicted molar refractivity (Wildman–Crippen MR) is 56.8 cm³/mol. The van der Waals surface area contributed by atoms with Gasteiger partial charge in [-0.2, -0.15) is 0 Å². The molecular weight excluding hydrogens is 298 g/mol. The van der Waals surface area contributed by atoms with Crippen LogP contribution in [-0.2, 0) is 0 Å². The van der Waals surface area contributed by atoms with Crippen molar-refractivity contribution in [1.82, 2.24) is 14.5 Å². The molecule has 0 fully saturated rings. The highest BCUT2D eigenvalue weighted by molar-refractivity contribution is 9.10. The van der Waals surface area contributed by atoms with E-state index in [0.29, 0.717) is 14.9 Å². The first-order valence-electron chi connectivity index (χ1n) is 4.43. The summed E-state index contributed by atoms with van der Waals surface area (Å²) < 4.78 is 17.8. The summed E-state index contributed by atoms with van der Waals surface area (Å²) in [5.74, 6) is 0. The Labute approximate surface area is 94.9 Å². The minimum absolute atomic E-state index is 0.0185. The van der Waals surface area contributed by atoms with Crippen LogP contribution in [0, 0.1) is 0 Å². The number of aromatic nitrogens is 3. The van der Waals surface area contributed by atoms with Crippen molar-refractivity contribution in [2.75, 3.05) is 0 Å². The Morgan fingerprint density at radius 1 is 1.31 bits per heavy atom. The third-order valence-electron chi connectivity index (χ3n) is 1.42. The van der Waals surface area contributed by atoms with Crippen molar-refractivity contribution in [3.8, 4) is 5.69 Å². The molecule has 0 amide bonds. The lowest BCUT2D eigenvalue weighted by Crippen LogP contribution is -1.89. The zero-order chi connectivity index (χ0) is 11.0. The third-order valence-corrected chi connectivity index (χ3v) is 2.21. The fraction of sp³-hybridized carbons (Fsp3) is 0. The van der Waals surface area contributed by atoms with Crippen molar-refractivity contribution in [3.63, 3.8) is 0 Å². The van der Waals surface area contributed by atoms with Crippen LogP contribution in [0.3, 0.4) is 0 Å². The first-order valence-corrected chi connectivity index (χ1v) is 5.01. The summed E-state index contributed by atoms with van der Waals surface area (Å²) >= 11 is 6.35. The van der Waals surface area contributed by atoms with Gasteiger partial charge in [-0.05, 0) is 44.0 Å². The molecule has 3 nitrogen and oxygen atoms in total. The minimum atomic E-state index is 0.0185. The molecule has 0 bridgehead atoms. The number of halogens is 2. The highest BCUT2D eigenvalue weighted by Gasteiger charge is 1.98. The number of rotatable bonds is 1. The monoisotopic (exact) mass is 303 g/mol.